The van der Waals surface area contributed by atoms with Gasteiger partial charge in [0.05, 0.1) is 18.6 Å². The second kappa shape index (κ2) is 11.3. The zero-order valence-corrected chi connectivity index (χ0v) is 22.5. The summed E-state index contributed by atoms with van der Waals surface area (Å²) in [6, 6.07) is 7.42. The lowest BCUT2D eigenvalue weighted by Gasteiger charge is -2.37. The first-order chi connectivity index (χ1) is 19.2. The van der Waals surface area contributed by atoms with E-state index in [0.29, 0.717) is 75.6 Å². The van der Waals surface area contributed by atoms with E-state index in [9.17, 15) is 23.9 Å². The zero-order valence-electron chi connectivity index (χ0n) is 22.5. The lowest BCUT2D eigenvalue weighted by Crippen LogP contribution is -2.59. The van der Waals surface area contributed by atoms with Crippen molar-refractivity contribution >= 4 is 22.8 Å². The van der Waals surface area contributed by atoms with E-state index in [-0.39, 0.29) is 17.6 Å². The van der Waals surface area contributed by atoms with Crippen LogP contribution in [0.25, 0.3) is 22.2 Å². The Morgan fingerprint density at radius 2 is 1.82 bits per heavy atom. The number of halogens is 1. The molecule has 4 N–H and O–H groups in total. The molecule has 2 fully saturated rings. The molecule has 0 radical (unpaired) electrons. The van der Waals surface area contributed by atoms with E-state index < -0.39 is 40.0 Å². The van der Waals surface area contributed by atoms with Crippen LogP contribution in [-0.2, 0) is 16.1 Å². The largest absolute Gasteiger partial charge is 0.506 e. The topological polar surface area (TPSA) is 140 Å². The van der Waals surface area contributed by atoms with Crippen molar-refractivity contribution in [2.24, 2.45) is 11.7 Å². The average molecular weight is 552 g/mol. The van der Waals surface area contributed by atoms with Gasteiger partial charge in [0, 0.05) is 37.9 Å². The Morgan fingerprint density at radius 1 is 1.15 bits per heavy atom. The monoisotopic (exact) mass is 551 g/mol. The smallest absolute Gasteiger partial charge is 0.268 e. The van der Waals surface area contributed by atoms with Crippen molar-refractivity contribution in [2.45, 2.75) is 44.7 Å². The number of morpholine rings is 1. The maximum atomic E-state index is 13.8. The summed E-state index contributed by atoms with van der Waals surface area (Å²) in [5.74, 6) is -2.06. The number of hydrogen-bond donors (Lipinski definition) is 3. The quantitative estimate of drug-likeness (QED) is 0.410. The van der Waals surface area contributed by atoms with Crippen LogP contribution in [0.5, 0.6) is 5.75 Å². The zero-order chi connectivity index (χ0) is 28.4. The molecule has 1 aliphatic heterocycles. The first kappa shape index (κ1) is 27.7. The molecule has 40 heavy (non-hydrogen) atoms. The second-order valence-electron chi connectivity index (χ2n) is 10.8. The summed E-state index contributed by atoms with van der Waals surface area (Å²) in [5.41, 5.74) is 4.71. The number of aromatic nitrogens is 2. The molecule has 0 spiro atoms. The van der Waals surface area contributed by atoms with Gasteiger partial charge in [-0.2, -0.15) is 0 Å². The third kappa shape index (κ3) is 5.44. The van der Waals surface area contributed by atoms with E-state index in [1.54, 1.807) is 24.4 Å². The minimum Gasteiger partial charge on any atom is -0.506 e. The van der Waals surface area contributed by atoms with E-state index in [4.69, 9.17) is 10.5 Å². The van der Waals surface area contributed by atoms with Crippen molar-refractivity contribution in [3.8, 4) is 16.9 Å². The number of ether oxygens (including phenoxy) is 1. The molecular weight excluding hydrogens is 517 g/mol. The van der Waals surface area contributed by atoms with Crippen molar-refractivity contribution in [3.63, 3.8) is 0 Å². The van der Waals surface area contributed by atoms with Gasteiger partial charge in [0.1, 0.15) is 28.3 Å². The minimum absolute atomic E-state index is 0.193. The number of fused-ring (bicyclic) bond motifs is 1. The van der Waals surface area contributed by atoms with Gasteiger partial charge in [0.2, 0.25) is 5.91 Å². The molecule has 1 aliphatic carbocycles. The minimum atomic E-state index is -1.30. The van der Waals surface area contributed by atoms with Gasteiger partial charge in [0.15, 0.2) is 0 Å². The number of rotatable bonds is 7. The van der Waals surface area contributed by atoms with Crippen LogP contribution >= 0.6 is 0 Å². The number of nitrogens with one attached hydrogen (secondary N) is 1. The maximum Gasteiger partial charge on any atom is 0.268 e. The summed E-state index contributed by atoms with van der Waals surface area (Å²) in [4.78, 5) is 46.6. The standard InChI is InChI=1S/C29H34FN5O5/c1-18-6-8-29(9-7-18,28(31)39)33-26(37)23-24(36)22-16-20(19-2-4-21(30)5-3-19)17-32-25(22)35(27(23)38)11-10-34-12-14-40-15-13-34/h2-5,16-18,36H,6-15H2,1H3,(H2,31,39)(H,33,37)/t18-,29-. The molecular formula is C29H34FN5O5. The van der Waals surface area contributed by atoms with Crippen molar-refractivity contribution in [1.29, 1.82) is 0 Å². The summed E-state index contributed by atoms with van der Waals surface area (Å²) in [5, 5.41) is 14.3. The Balaban J connectivity index is 1.59. The second-order valence-corrected chi connectivity index (χ2v) is 10.8. The van der Waals surface area contributed by atoms with Crippen molar-refractivity contribution in [2.75, 3.05) is 32.8 Å². The van der Waals surface area contributed by atoms with Crippen molar-refractivity contribution < 1.29 is 23.8 Å². The van der Waals surface area contributed by atoms with Gasteiger partial charge in [-0.05, 0) is 55.4 Å². The summed E-state index contributed by atoms with van der Waals surface area (Å²) >= 11 is 0. The number of primary amides is 1. The fraction of sp³-hybridized carbons (Fsp3) is 0.448. The van der Waals surface area contributed by atoms with Crippen LogP contribution in [0.15, 0.2) is 41.3 Å². The third-order valence-corrected chi connectivity index (χ3v) is 8.17. The van der Waals surface area contributed by atoms with Gasteiger partial charge in [-0.1, -0.05) is 19.1 Å². The van der Waals surface area contributed by atoms with Crippen LogP contribution in [0, 0.1) is 11.7 Å². The summed E-state index contributed by atoms with van der Waals surface area (Å²) in [6.45, 7) is 5.39. The highest BCUT2D eigenvalue weighted by molar-refractivity contribution is 6.04. The number of benzene rings is 1. The number of hydrogen-bond acceptors (Lipinski definition) is 7. The first-order valence-corrected chi connectivity index (χ1v) is 13.6. The molecule has 10 nitrogen and oxygen atoms in total. The third-order valence-electron chi connectivity index (χ3n) is 8.17. The SMILES string of the molecule is C[C@H]1CC[C@@](NC(=O)c2c(O)c3cc(-c4ccc(F)cc4)cnc3n(CCN3CCOCC3)c2=O)(C(N)=O)CC1. The Kier molecular flexibility index (Phi) is 7.86. The van der Waals surface area contributed by atoms with E-state index >= 15 is 0 Å². The normalized spacial score (nSPS) is 21.8. The predicted molar refractivity (Wildman–Crippen MR) is 147 cm³/mol. The van der Waals surface area contributed by atoms with E-state index in [2.05, 4.69) is 22.1 Å². The molecule has 1 saturated heterocycles. The molecule has 3 heterocycles. The highest BCUT2D eigenvalue weighted by Crippen LogP contribution is 2.34. The lowest BCUT2D eigenvalue weighted by atomic mass is 9.76. The Morgan fingerprint density at radius 3 is 2.48 bits per heavy atom. The number of pyridine rings is 2. The van der Waals surface area contributed by atoms with Crippen LogP contribution in [0.2, 0.25) is 0 Å². The molecule has 0 unspecified atom stereocenters. The number of carbonyl (C=O) groups excluding carboxylic acids is 2. The lowest BCUT2D eigenvalue weighted by molar-refractivity contribution is -0.125. The molecule has 1 aromatic carbocycles. The predicted octanol–water partition coefficient (Wildman–Crippen LogP) is 2.40. The number of carbonyl (C=O) groups is 2. The van der Waals surface area contributed by atoms with Crippen molar-refractivity contribution in [1.82, 2.24) is 19.8 Å². The number of aromatic hydroxyl groups is 1. The van der Waals surface area contributed by atoms with Gasteiger partial charge in [-0.3, -0.25) is 23.9 Å². The number of nitrogens with two attached hydrogens (primary N) is 1. The van der Waals surface area contributed by atoms with Crippen LogP contribution < -0.4 is 16.6 Å². The number of amides is 2. The maximum absolute atomic E-state index is 13.8. The van der Waals surface area contributed by atoms with E-state index in [1.807, 2.05) is 0 Å². The molecule has 3 aromatic rings. The molecule has 2 amide bonds. The van der Waals surface area contributed by atoms with Crippen LogP contribution in [-0.4, -0.2) is 69.8 Å². The molecule has 1 saturated carbocycles. The molecule has 2 aliphatic rings. The van der Waals surface area contributed by atoms with E-state index in [1.165, 1.54) is 16.7 Å². The Bertz CT molecular complexity index is 1470. The molecule has 0 atom stereocenters. The van der Waals surface area contributed by atoms with Gasteiger partial charge in [0.25, 0.3) is 11.5 Å². The molecule has 11 heteroatoms. The molecule has 212 valence electrons. The van der Waals surface area contributed by atoms with Gasteiger partial charge < -0.3 is 20.9 Å². The van der Waals surface area contributed by atoms with Gasteiger partial charge in [-0.25, -0.2) is 9.37 Å². The molecule has 5 rings (SSSR count). The average Bonchev–Trinajstić information content (AvgIpc) is 2.95. The fourth-order valence-electron chi connectivity index (χ4n) is 5.56. The Labute approximate surface area is 230 Å². The summed E-state index contributed by atoms with van der Waals surface area (Å²) < 4.78 is 20.3. The summed E-state index contributed by atoms with van der Waals surface area (Å²) in [7, 11) is 0. The van der Waals surface area contributed by atoms with Gasteiger partial charge >= 0.3 is 0 Å². The van der Waals surface area contributed by atoms with Crippen LogP contribution in [0.4, 0.5) is 4.39 Å². The summed E-state index contributed by atoms with van der Waals surface area (Å²) in [6.07, 6.45) is 3.64. The van der Waals surface area contributed by atoms with Crippen LogP contribution in [0.1, 0.15) is 43.0 Å². The molecule has 2 aromatic heterocycles. The van der Waals surface area contributed by atoms with Crippen molar-refractivity contribution in [3.05, 3.63) is 58.3 Å². The fourth-order valence-corrected chi connectivity index (χ4v) is 5.56. The highest BCUT2D eigenvalue weighted by Gasteiger charge is 2.42. The highest BCUT2D eigenvalue weighted by atomic mass is 19.1. The van der Waals surface area contributed by atoms with E-state index in [0.717, 1.165) is 0 Å². The Hall–Kier alpha value is -3.83. The van der Waals surface area contributed by atoms with Gasteiger partial charge in [-0.15, -0.1) is 0 Å². The number of nitrogens with zero attached hydrogens (tertiary/aromatic N) is 3. The molecule has 0 bridgehead atoms. The van der Waals surface area contributed by atoms with Crippen LogP contribution in [0.3, 0.4) is 0 Å². The first-order valence-electron chi connectivity index (χ1n) is 13.6.